The van der Waals surface area contributed by atoms with Crippen molar-refractivity contribution in [1.29, 1.82) is 0 Å². The topological polar surface area (TPSA) is 67.0 Å². The molecule has 2 N–H and O–H groups in total. The number of carbonyl (C=O) groups excluding carboxylic acids is 1. The second-order valence-corrected chi connectivity index (χ2v) is 7.43. The summed E-state index contributed by atoms with van der Waals surface area (Å²) in [6.07, 6.45) is 1.40. The van der Waals surface area contributed by atoms with E-state index >= 15 is 0 Å². The number of hydrogen-bond donors (Lipinski definition) is 2. The summed E-state index contributed by atoms with van der Waals surface area (Å²) in [7, 11) is 0. The number of benzene rings is 3. The Bertz CT molecular complexity index is 1230. The van der Waals surface area contributed by atoms with E-state index in [4.69, 9.17) is 4.74 Å². The molecule has 0 aliphatic heterocycles. The summed E-state index contributed by atoms with van der Waals surface area (Å²) in [4.78, 5) is 19.2. The molecule has 0 saturated heterocycles. The van der Waals surface area contributed by atoms with E-state index in [1.54, 1.807) is 6.07 Å². The molecule has 0 radical (unpaired) electrons. The number of halogens is 1. The van der Waals surface area contributed by atoms with Crippen LogP contribution in [0.4, 0.5) is 4.39 Å². The molecular weight excluding hydrogens is 381 g/mol. The Morgan fingerprint density at radius 2 is 1.83 bits per heavy atom. The third kappa shape index (κ3) is 4.03. The largest absolute Gasteiger partial charge is 0.457 e. The second kappa shape index (κ2) is 7.99. The van der Waals surface area contributed by atoms with Crippen LogP contribution >= 0.6 is 0 Å². The summed E-state index contributed by atoms with van der Waals surface area (Å²) in [5.41, 5.74) is 4.82. The van der Waals surface area contributed by atoms with Crippen molar-refractivity contribution in [1.82, 2.24) is 15.3 Å². The van der Waals surface area contributed by atoms with Crippen LogP contribution in [0.25, 0.3) is 11.0 Å². The van der Waals surface area contributed by atoms with Gasteiger partial charge in [-0.1, -0.05) is 18.2 Å². The number of H-pyrrole nitrogens is 1. The molecule has 0 unspecified atom stereocenters. The van der Waals surface area contributed by atoms with Crippen LogP contribution in [0.1, 0.15) is 32.6 Å². The third-order valence-electron chi connectivity index (χ3n) is 4.89. The van der Waals surface area contributed by atoms with Crippen molar-refractivity contribution in [2.24, 2.45) is 0 Å². The minimum atomic E-state index is -0.625. The standard InChI is InChI=1S/C24H22FN3O2/c1-14-8-15(2)10-18(9-14)30-21-7-4-17(11-16(21)3)12-26-24(29)19-5-6-20-23(22(19)25)28-13-27-20/h4-11,13H,12H2,1-3H3,(H,26,29)(H,27,28). The van der Waals surface area contributed by atoms with Crippen molar-refractivity contribution < 1.29 is 13.9 Å². The number of nitrogens with zero attached hydrogens (tertiary/aromatic N) is 1. The predicted octanol–water partition coefficient (Wildman–Crippen LogP) is 5.35. The zero-order valence-corrected chi connectivity index (χ0v) is 17.0. The van der Waals surface area contributed by atoms with Gasteiger partial charge in [-0.2, -0.15) is 0 Å². The van der Waals surface area contributed by atoms with E-state index in [-0.39, 0.29) is 17.6 Å². The molecule has 0 spiro atoms. The van der Waals surface area contributed by atoms with E-state index < -0.39 is 11.7 Å². The smallest absolute Gasteiger partial charge is 0.254 e. The Labute approximate surface area is 173 Å². The number of amides is 1. The Kier molecular flexibility index (Phi) is 5.23. The second-order valence-electron chi connectivity index (χ2n) is 7.43. The fourth-order valence-electron chi connectivity index (χ4n) is 3.48. The van der Waals surface area contributed by atoms with Crippen molar-refractivity contribution in [2.45, 2.75) is 27.3 Å². The first kappa shape index (κ1) is 19.6. The Morgan fingerprint density at radius 3 is 2.57 bits per heavy atom. The summed E-state index contributed by atoms with van der Waals surface area (Å²) in [6, 6.07) is 14.9. The van der Waals surface area contributed by atoms with Gasteiger partial charge >= 0.3 is 0 Å². The number of aromatic amines is 1. The number of rotatable bonds is 5. The van der Waals surface area contributed by atoms with Crippen LogP contribution < -0.4 is 10.1 Å². The molecule has 0 fully saturated rings. The maximum atomic E-state index is 14.5. The lowest BCUT2D eigenvalue weighted by atomic mass is 10.1. The first-order chi connectivity index (χ1) is 14.4. The molecule has 0 aliphatic rings. The molecule has 0 atom stereocenters. The number of imidazole rings is 1. The highest BCUT2D eigenvalue weighted by Gasteiger charge is 2.16. The molecule has 30 heavy (non-hydrogen) atoms. The molecule has 1 heterocycles. The van der Waals surface area contributed by atoms with Gasteiger partial charge in [-0.25, -0.2) is 9.37 Å². The summed E-state index contributed by atoms with van der Waals surface area (Å²) < 4.78 is 20.5. The number of hydrogen-bond acceptors (Lipinski definition) is 3. The van der Waals surface area contributed by atoms with Gasteiger partial charge in [0.25, 0.3) is 5.91 Å². The lowest BCUT2D eigenvalue weighted by molar-refractivity contribution is 0.0947. The number of nitrogens with one attached hydrogen (secondary N) is 2. The summed E-state index contributed by atoms with van der Waals surface area (Å²) in [5.74, 6) is 0.441. The van der Waals surface area contributed by atoms with Gasteiger partial charge in [-0.3, -0.25) is 4.79 Å². The van der Waals surface area contributed by atoms with Crippen LogP contribution in [-0.2, 0) is 6.54 Å². The maximum absolute atomic E-state index is 14.5. The first-order valence-electron chi connectivity index (χ1n) is 9.66. The molecule has 3 aromatic carbocycles. The number of fused-ring (bicyclic) bond motifs is 1. The molecule has 1 aromatic heterocycles. The van der Waals surface area contributed by atoms with Crippen molar-refractivity contribution in [3.8, 4) is 11.5 Å². The Morgan fingerprint density at radius 1 is 1.07 bits per heavy atom. The molecule has 1 amide bonds. The summed E-state index contributed by atoms with van der Waals surface area (Å²) in [5, 5.41) is 2.77. The molecule has 0 bridgehead atoms. The highest BCUT2D eigenvalue weighted by molar-refractivity contribution is 5.97. The fourth-order valence-corrected chi connectivity index (χ4v) is 3.48. The maximum Gasteiger partial charge on any atom is 0.254 e. The van der Waals surface area contributed by atoms with E-state index in [0.29, 0.717) is 5.52 Å². The van der Waals surface area contributed by atoms with Gasteiger partial charge < -0.3 is 15.0 Å². The normalized spacial score (nSPS) is 10.9. The van der Waals surface area contributed by atoms with Crippen LogP contribution in [0.2, 0.25) is 0 Å². The van der Waals surface area contributed by atoms with Gasteiger partial charge in [0.05, 0.1) is 17.4 Å². The molecule has 4 rings (SSSR count). The van der Waals surface area contributed by atoms with Gasteiger partial charge in [0.15, 0.2) is 5.82 Å². The molecule has 6 heteroatoms. The number of ether oxygens (including phenoxy) is 1. The molecule has 152 valence electrons. The quantitative estimate of drug-likeness (QED) is 0.472. The minimum Gasteiger partial charge on any atom is -0.457 e. The molecule has 0 aliphatic carbocycles. The minimum absolute atomic E-state index is 0.0268. The van der Waals surface area contributed by atoms with Crippen LogP contribution in [0, 0.1) is 26.6 Å². The Hall–Kier alpha value is -3.67. The summed E-state index contributed by atoms with van der Waals surface area (Å²) in [6.45, 7) is 6.30. The third-order valence-corrected chi connectivity index (χ3v) is 4.89. The summed E-state index contributed by atoms with van der Waals surface area (Å²) >= 11 is 0. The van der Waals surface area contributed by atoms with Crippen molar-refractivity contribution >= 4 is 16.9 Å². The predicted molar refractivity (Wildman–Crippen MR) is 114 cm³/mol. The van der Waals surface area contributed by atoms with Crippen LogP contribution in [0.5, 0.6) is 11.5 Å². The molecule has 4 aromatic rings. The SMILES string of the molecule is Cc1cc(C)cc(Oc2ccc(CNC(=O)c3ccc4[nH]cnc4c3F)cc2C)c1. The van der Waals surface area contributed by atoms with Crippen LogP contribution in [0.15, 0.2) is 54.9 Å². The van der Waals surface area contributed by atoms with E-state index in [1.165, 1.54) is 12.4 Å². The van der Waals surface area contributed by atoms with E-state index in [2.05, 4.69) is 21.4 Å². The van der Waals surface area contributed by atoms with E-state index in [1.807, 2.05) is 51.1 Å². The lowest BCUT2D eigenvalue weighted by Gasteiger charge is -2.12. The highest BCUT2D eigenvalue weighted by atomic mass is 19.1. The average Bonchev–Trinajstić information content (AvgIpc) is 3.17. The highest BCUT2D eigenvalue weighted by Crippen LogP contribution is 2.27. The van der Waals surface area contributed by atoms with E-state index in [0.717, 1.165) is 33.8 Å². The van der Waals surface area contributed by atoms with Crippen molar-refractivity contribution in [3.05, 3.63) is 88.5 Å². The number of aryl methyl sites for hydroxylation is 3. The zero-order chi connectivity index (χ0) is 21.3. The van der Waals surface area contributed by atoms with Gasteiger partial charge in [-0.15, -0.1) is 0 Å². The van der Waals surface area contributed by atoms with Gasteiger partial charge in [0, 0.05) is 6.54 Å². The number of aromatic nitrogens is 2. The van der Waals surface area contributed by atoms with Crippen LogP contribution in [-0.4, -0.2) is 15.9 Å². The molecular formula is C24H22FN3O2. The van der Waals surface area contributed by atoms with Crippen molar-refractivity contribution in [3.63, 3.8) is 0 Å². The van der Waals surface area contributed by atoms with Crippen molar-refractivity contribution in [2.75, 3.05) is 0 Å². The van der Waals surface area contributed by atoms with Gasteiger partial charge in [0.1, 0.15) is 17.0 Å². The van der Waals surface area contributed by atoms with E-state index in [9.17, 15) is 9.18 Å². The van der Waals surface area contributed by atoms with Gasteiger partial charge in [-0.05, 0) is 73.4 Å². The lowest BCUT2D eigenvalue weighted by Crippen LogP contribution is -2.24. The molecule has 0 saturated carbocycles. The monoisotopic (exact) mass is 403 g/mol. The average molecular weight is 403 g/mol. The van der Waals surface area contributed by atoms with Crippen LogP contribution in [0.3, 0.4) is 0 Å². The first-order valence-corrected chi connectivity index (χ1v) is 9.66. The van der Waals surface area contributed by atoms with Gasteiger partial charge in [0.2, 0.25) is 0 Å². The molecule has 5 nitrogen and oxygen atoms in total. The Balaban J connectivity index is 1.45. The fraction of sp³-hybridized carbons (Fsp3) is 0.167. The zero-order valence-electron chi connectivity index (χ0n) is 17.0. The number of carbonyl (C=O) groups is 1.